The molecule has 0 radical (unpaired) electrons. The van der Waals surface area contributed by atoms with Crippen LogP contribution in [0.2, 0.25) is 0 Å². The number of rotatable bonds is 24. The summed E-state index contributed by atoms with van der Waals surface area (Å²) in [4.78, 5) is 83.0. The highest BCUT2D eigenvalue weighted by molar-refractivity contribution is 5.91. The molecule has 2 aliphatic rings. The Morgan fingerprint density at radius 3 is 1.32 bits per heavy atom. The molecule has 0 bridgehead atoms. The molecule has 4 N–H and O–H groups in total. The van der Waals surface area contributed by atoms with Crippen molar-refractivity contribution < 1.29 is 64.6 Å². The summed E-state index contributed by atoms with van der Waals surface area (Å²) in [5.74, 6) is 4.12. The Kier molecular flexibility index (Phi) is 23.3. The summed E-state index contributed by atoms with van der Waals surface area (Å²) >= 11 is 0. The van der Waals surface area contributed by atoms with E-state index in [0.717, 1.165) is 11.1 Å². The second-order valence-electron chi connectivity index (χ2n) is 17.4. The van der Waals surface area contributed by atoms with Gasteiger partial charge in [-0.3, -0.25) is 28.8 Å². The highest BCUT2D eigenvalue weighted by Crippen LogP contribution is 2.26. The zero-order chi connectivity index (χ0) is 52.8. The van der Waals surface area contributed by atoms with Crippen molar-refractivity contribution in [3.05, 3.63) is 71.8 Å². The first-order valence-electron chi connectivity index (χ1n) is 23.7. The number of carbonyl (C=O) groups is 6. The molecule has 2 saturated heterocycles. The lowest BCUT2D eigenvalue weighted by molar-refractivity contribution is -0.186. The number of carbonyl (C=O) groups excluding carboxylic acids is 6. The Hall–Kier alpha value is -6.20. The maximum Gasteiger partial charge on any atom is 0.471 e. The number of hydrogen-bond acceptors (Lipinski definition) is 10. The van der Waals surface area contributed by atoms with Gasteiger partial charge in [-0.25, -0.2) is 0 Å². The molecule has 0 saturated carbocycles. The van der Waals surface area contributed by atoms with Crippen molar-refractivity contribution in [2.45, 2.75) is 101 Å². The number of hydrogen-bond donors (Lipinski definition) is 4. The molecule has 2 fully saturated rings. The normalized spacial score (nSPS) is 17.3. The summed E-state index contributed by atoms with van der Waals surface area (Å²) in [5, 5.41) is 10.8. The quantitative estimate of drug-likeness (QED) is 0.0694. The molecule has 0 spiro atoms. The lowest BCUT2D eigenvalue weighted by Gasteiger charge is -2.33. The first-order valence-corrected chi connectivity index (χ1v) is 23.7. The minimum absolute atomic E-state index is 0.163. The third-order valence-corrected chi connectivity index (χ3v) is 12.3. The molecule has 394 valence electrons. The number of ether oxygens (including phenoxy) is 2. The van der Waals surface area contributed by atoms with E-state index in [1.165, 1.54) is 9.80 Å². The standard InChI is InChI=1S/C50H64F6N8O8/c1-35(57-3)43(65)59-41(45(67)63-25-15-21-39(63)31-61(47(69)49(51,52)53)27-23-37-17-9-7-10-18-37)33-71-29-13-5-6-14-30-72-34-42(60-44(66)36(2)58-4)46(68)64-26-16-22-40(64)32-62(48(70)50(54,55)56)28-24-38-19-11-8-12-20-38/h7-12,17-20,35-36,39-42,57-58H,15-16,21-34H2,1-4H3,(H,59,65)(H,60,66)/t35-,36+,39-,40-,41-,42-/m0/s1. The van der Waals surface area contributed by atoms with Crippen LogP contribution in [0.5, 0.6) is 0 Å². The first kappa shape index (κ1) is 58.4. The lowest BCUT2D eigenvalue weighted by Crippen LogP contribution is -2.57. The molecule has 2 aromatic carbocycles. The van der Waals surface area contributed by atoms with Gasteiger partial charge in [0.2, 0.25) is 23.6 Å². The Morgan fingerprint density at radius 1 is 0.625 bits per heavy atom. The van der Waals surface area contributed by atoms with Crippen LogP contribution in [0.25, 0.3) is 0 Å². The predicted molar refractivity (Wildman–Crippen MR) is 253 cm³/mol. The second kappa shape index (κ2) is 28.7. The van der Waals surface area contributed by atoms with Crippen molar-refractivity contribution >= 4 is 35.4 Å². The molecule has 4 rings (SSSR count). The summed E-state index contributed by atoms with van der Waals surface area (Å²) in [6.45, 7) is 1.07. The van der Waals surface area contributed by atoms with Gasteiger partial charge in [-0.15, -0.1) is 0 Å². The molecule has 0 unspecified atom stereocenters. The average molecular weight is 1020 g/mol. The fourth-order valence-corrected chi connectivity index (χ4v) is 8.09. The Balaban J connectivity index is 1.36. The van der Waals surface area contributed by atoms with E-state index in [4.69, 9.17) is 9.47 Å². The van der Waals surface area contributed by atoms with Gasteiger partial charge in [-0.05, 0) is 89.4 Å². The van der Waals surface area contributed by atoms with Crippen LogP contribution in [-0.2, 0) is 51.1 Å². The van der Waals surface area contributed by atoms with Gasteiger partial charge in [0.15, 0.2) is 0 Å². The third kappa shape index (κ3) is 18.4. The molecule has 16 nitrogen and oxygen atoms in total. The van der Waals surface area contributed by atoms with Crippen molar-refractivity contribution in [3.63, 3.8) is 0 Å². The maximum absolute atomic E-state index is 14.0. The van der Waals surface area contributed by atoms with Crippen LogP contribution in [0, 0.1) is 23.7 Å². The van der Waals surface area contributed by atoms with Crippen LogP contribution in [0.4, 0.5) is 26.3 Å². The summed E-state index contributed by atoms with van der Waals surface area (Å²) < 4.78 is 93.6. The van der Waals surface area contributed by atoms with Crippen molar-refractivity contribution in [1.29, 1.82) is 0 Å². The molecule has 2 aromatic rings. The number of likely N-dealkylation sites (tertiary alicyclic amines) is 2. The SMILES string of the molecule is CN[C@@H](C)C(=O)N[C@@H](COCC#CC#CCOC[C@H](NC(=O)[C@@H](C)NC)C(=O)N1CCC[C@H]1CN(CCc1ccccc1)C(=O)C(F)(F)F)C(=O)N1CCC[C@H]1CN(CCc1ccccc1)C(=O)C(F)(F)F. The largest absolute Gasteiger partial charge is 0.471 e. The van der Waals surface area contributed by atoms with Crippen LogP contribution < -0.4 is 21.3 Å². The van der Waals surface area contributed by atoms with Crippen molar-refractivity contribution in [2.75, 3.05) is 79.8 Å². The minimum Gasteiger partial charge on any atom is -0.366 e. The van der Waals surface area contributed by atoms with E-state index < -0.39 is 84.0 Å². The van der Waals surface area contributed by atoms with Gasteiger partial charge in [0.1, 0.15) is 25.3 Å². The van der Waals surface area contributed by atoms with Crippen LogP contribution in [-0.4, -0.2) is 183 Å². The van der Waals surface area contributed by atoms with Gasteiger partial charge < -0.3 is 50.3 Å². The monoisotopic (exact) mass is 1020 g/mol. The molecule has 0 aromatic heterocycles. The molecule has 0 aliphatic carbocycles. The fraction of sp³-hybridized carbons (Fsp3) is 0.560. The number of nitrogens with zero attached hydrogens (tertiary/aromatic N) is 4. The minimum atomic E-state index is -5.13. The topological polar surface area (TPSA) is 182 Å². The summed E-state index contributed by atoms with van der Waals surface area (Å²) in [7, 11) is 3.09. The van der Waals surface area contributed by atoms with Gasteiger partial charge >= 0.3 is 24.2 Å². The first-order chi connectivity index (χ1) is 34.2. The van der Waals surface area contributed by atoms with Gasteiger partial charge in [0.25, 0.3) is 0 Å². The number of halogens is 6. The summed E-state index contributed by atoms with van der Waals surface area (Å²) in [5.41, 5.74) is 1.47. The van der Waals surface area contributed by atoms with E-state index in [1.54, 1.807) is 88.6 Å². The molecule has 2 heterocycles. The van der Waals surface area contributed by atoms with E-state index in [0.29, 0.717) is 35.5 Å². The highest BCUT2D eigenvalue weighted by Gasteiger charge is 2.46. The Bertz CT molecular complexity index is 2080. The average Bonchev–Trinajstić information content (AvgIpc) is 4.04. The van der Waals surface area contributed by atoms with E-state index >= 15 is 0 Å². The molecule has 72 heavy (non-hydrogen) atoms. The molecular weight excluding hydrogens is 955 g/mol. The van der Waals surface area contributed by atoms with E-state index in [9.17, 15) is 55.1 Å². The van der Waals surface area contributed by atoms with E-state index in [-0.39, 0.29) is 78.5 Å². The molecule has 6 amide bonds. The van der Waals surface area contributed by atoms with Crippen molar-refractivity contribution in [3.8, 4) is 23.7 Å². The number of nitrogens with one attached hydrogen (secondary N) is 4. The zero-order valence-electron chi connectivity index (χ0n) is 40.9. The summed E-state index contributed by atoms with van der Waals surface area (Å²) in [6.07, 6.45) is -8.37. The number of benzene rings is 2. The van der Waals surface area contributed by atoms with Crippen LogP contribution >= 0.6 is 0 Å². The van der Waals surface area contributed by atoms with Crippen LogP contribution in [0.3, 0.4) is 0 Å². The lowest BCUT2D eigenvalue weighted by atomic mass is 10.1. The predicted octanol–water partition coefficient (Wildman–Crippen LogP) is 2.46. The Labute approximate surface area is 416 Å². The fourth-order valence-electron chi connectivity index (χ4n) is 8.09. The van der Waals surface area contributed by atoms with Crippen molar-refractivity contribution in [1.82, 2.24) is 40.9 Å². The molecular formula is C50H64F6N8O8. The van der Waals surface area contributed by atoms with Gasteiger partial charge in [-0.2, -0.15) is 26.3 Å². The van der Waals surface area contributed by atoms with Gasteiger partial charge in [0.05, 0.1) is 25.3 Å². The van der Waals surface area contributed by atoms with Crippen LogP contribution in [0.15, 0.2) is 60.7 Å². The van der Waals surface area contributed by atoms with E-state index in [1.807, 2.05) is 0 Å². The number of amides is 6. The second-order valence-corrected chi connectivity index (χ2v) is 17.4. The van der Waals surface area contributed by atoms with Crippen molar-refractivity contribution in [2.24, 2.45) is 0 Å². The number of alkyl halides is 6. The molecule has 6 atom stereocenters. The molecule has 2 aliphatic heterocycles. The Morgan fingerprint density at radius 2 is 0.986 bits per heavy atom. The van der Waals surface area contributed by atoms with Gasteiger partial charge in [-0.1, -0.05) is 72.5 Å². The highest BCUT2D eigenvalue weighted by atomic mass is 19.4. The van der Waals surface area contributed by atoms with E-state index in [2.05, 4.69) is 44.9 Å². The third-order valence-electron chi connectivity index (χ3n) is 12.3. The zero-order valence-corrected chi connectivity index (χ0v) is 40.9. The summed E-state index contributed by atoms with van der Waals surface area (Å²) in [6, 6.07) is 12.0. The maximum atomic E-state index is 14.0. The number of likely N-dealkylation sites (N-methyl/N-ethyl adjacent to an activating group) is 2. The smallest absolute Gasteiger partial charge is 0.366 e. The molecule has 22 heteroatoms. The van der Waals surface area contributed by atoms with Gasteiger partial charge in [0, 0.05) is 51.4 Å². The van der Waals surface area contributed by atoms with Crippen LogP contribution in [0.1, 0.15) is 50.7 Å².